The quantitative estimate of drug-likeness (QED) is 0.651. The van der Waals surface area contributed by atoms with E-state index in [4.69, 9.17) is 0 Å². The number of sulfonamides is 1. The topological polar surface area (TPSA) is 82.3 Å². The van der Waals surface area contributed by atoms with E-state index in [2.05, 4.69) is 10.3 Å². The number of carbonyl (C=O) groups excluding carboxylic acids is 1. The molecule has 0 aliphatic carbocycles. The van der Waals surface area contributed by atoms with Crippen LogP contribution in [-0.2, 0) is 10.0 Å². The Hall–Kier alpha value is -2.29. The van der Waals surface area contributed by atoms with Crippen molar-refractivity contribution in [3.8, 4) is 0 Å². The first kappa shape index (κ1) is 20.0. The Bertz CT molecular complexity index is 1130. The first-order chi connectivity index (χ1) is 14.0. The van der Waals surface area contributed by atoms with E-state index in [1.165, 1.54) is 16.6 Å². The molecule has 29 heavy (non-hydrogen) atoms. The third-order valence-electron chi connectivity index (χ3n) is 5.15. The monoisotopic (exact) mass is 429 g/mol. The molecule has 0 radical (unpaired) electrons. The van der Waals surface area contributed by atoms with Gasteiger partial charge >= 0.3 is 0 Å². The van der Waals surface area contributed by atoms with Gasteiger partial charge in [0.2, 0.25) is 10.0 Å². The summed E-state index contributed by atoms with van der Waals surface area (Å²) in [6.07, 6.45) is 1.40. The Labute approximate surface area is 174 Å². The molecule has 0 saturated carbocycles. The van der Waals surface area contributed by atoms with E-state index in [0.717, 1.165) is 27.8 Å². The van der Waals surface area contributed by atoms with Crippen molar-refractivity contribution in [2.24, 2.45) is 0 Å². The molecule has 1 aliphatic rings. The lowest BCUT2D eigenvalue weighted by molar-refractivity contribution is 0.0935. The fraction of sp³-hybridized carbons (Fsp3) is 0.286. The van der Waals surface area contributed by atoms with E-state index in [0.29, 0.717) is 13.1 Å². The van der Waals surface area contributed by atoms with Gasteiger partial charge in [-0.15, -0.1) is 0 Å². The van der Waals surface area contributed by atoms with Gasteiger partial charge < -0.3 is 10.3 Å². The summed E-state index contributed by atoms with van der Waals surface area (Å²) >= 11 is 1.75. The maximum atomic E-state index is 12.8. The van der Waals surface area contributed by atoms with Gasteiger partial charge in [-0.05, 0) is 29.3 Å². The van der Waals surface area contributed by atoms with Crippen molar-refractivity contribution in [3.05, 3.63) is 66.0 Å². The van der Waals surface area contributed by atoms with E-state index in [9.17, 15) is 13.2 Å². The molecule has 1 aliphatic heterocycles. The number of rotatable bonds is 5. The zero-order valence-electron chi connectivity index (χ0n) is 16.1. The molecular weight excluding hydrogens is 406 g/mol. The predicted octanol–water partition coefficient (Wildman–Crippen LogP) is 3.40. The van der Waals surface area contributed by atoms with Crippen molar-refractivity contribution in [1.29, 1.82) is 0 Å². The van der Waals surface area contributed by atoms with E-state index >= 15 is 0 Å². The zero-order chi connectivity index (χ0) is 20.4. The van der Waals surface area contributed by atoms with Crippen LogP contribution in [0.3, 0.4) is 0 Å². The Morgan fingerprint density at radius 3 is 2.66 bits per heavy atom. The molecule has 152 valence electrons. The molecule has 8 heteroatoms. The lowest BCUT2D eigenvalue weighted by Crippen LogP contribution is -2.37. The molecule has 0 bridgehead atoms. The lowest BCUT2D eigenvalue weighted by atomic mass is 9.99. The molecule has 6 nitrogen and oxygen atoms in total. The summed E-state index contributed by atoms with van der Waals surface area (Å²) in [4.78, 5) is 15.7. The van der Waals surface area contributed by atoms with E-state index < -0.39 is 10.0 Å². The van der Waals surface area contributed by atoms with Crippen LogP contribution in [0.5, 0.6) is 0 Å². The second-order valence-corrected chi connectivity index (χ2v) is 10.2. The number of aromatic nitrogens is 1. The van der Waals surface area contributed by atoms with E-state index in [1.807, 2.05) is 49.4 Å². The number of hydrogen-bond acceptors (Lipinski definition) is 4. The number of carbonyl (C=O) groups is 1. The number of nitrogens with zero attached hydrogens (tertiary/aromatic N) is 1. The van der Waals surface area contributed by atoms with Crippen molar-refractivity contribution >= 4 is 38.5 Å². The molecular formula is C21H23N3O3S2. The third-order valence-corrected chi connectivity index (χ3v) is 7.97. The van der Waals surface area contributed by atoms with Gasteiger partial charge in [0.25, 0.3) is 5.91 Å². The summed E-state index contributed by atoms with van der Waals surface area (Å²) in [5, 5.41) is 5.16. The van der Waals surface area contributed by atoms with Crippen LogP contribution in [-0.4, -0.2) is 48.2 Å². The molecule has 1 fully saturated rings. The molecule has 1 unspecified atom stereocenters. The number of nitrogens with one attached hydrogen (secondary N) is 2. The fourth-order valence-corrected chi connectivity index (χ4v) is 6.14. The van der Waals surface area contributed by atoms with Crippen LogP contribution in [0.2, 0.25) is 0 Å². The molecule has 2 aromatic carbocycles. The summed E-state index contributed by atoms with van der Waals surface area (Å²) in [6, 6.07) is 15.2. The maximum absolute atomic E-state index is 12.8. The smallest absolute Gasteiger partial charge is 0.268 e. The van der Waals surface area contributed by atoms with E-state index in [-0.39, 0.29) is 22.5 Å². The molecule has 1 saturated heterocycles. The summed E-state index contributed by atoms with van der Waals surface area (Å²) in [5.41, 5.74) is 1.25. The minimum atomic E-state index is -3.58. The molecule has 1 amide bonds. The highest BCUT2D eigenvalue weighted by Crippen LogP contribution is 2.25. The van der Waals surface area contributed by atoms with Crippen LogP contribution in [0.15, 0.2) is 59.6 Å². The van der Waals surface area contributed by atoms with Crippen LogP contribution in [0.1, 0.15) is 29.0 Å². The fourth-order valence-electron chi connectivity index (χ4n) is 3.57. The number of hydrogen-bond donors (Lipinski definition) is 2. The summed E-state index contributed by atoms with van der Waals surface area (Å²) in [5.74, 6) is 1.25. The van der Waals surface area contributed by atoms with Gasteiger partial charge in [0.15, 0.2) is 0 Å². The zero-order valence-corrected chi connectivity index (χ0v) is 17.7. The average Bonchev–Trinajstić information content (AvgIpc) is 3.25. The number of fused-ring (bicyclic) bond motifs is 1. The highest BCUT2D eigenvalue weighted by Gasteiger charge is 2.28. The molecule has 3 aromatic rings. The van der Waals surface area contributed by atoms with Crippen molar-refractivity contribution < 1.29 is 13.2 Å². The molecule has 2 heterocycles. The van der Waals surface area contributed by atoms with Gasteiger partial charge in [0.1, 0.15) is 10.6 Å². The first-order valence-corrected chi connectivity index (χ1v) is 12.1. The number of amides is 1. The highest BCUT2D eigenvalue weighted by molar-refractivity contribution is 7.99. The normalized spacial score (nSPS) is 16.6. The van der Waals surface area contributed by atoms with Crippen molar-refractivity contribution in [2.75, 3.05) is 24.6 Å². The molecule has 1 atom stereocenters. The molecule has 2 N–H and O–H groups in total. The lowest BCUT2D eigenvalue weighted by Gasteiger charge is -2.24. The molecule has 1 aromatic heterocycles. The first-order valence-electron chi connectivity index (χ1n) is 9.51. The summed E-state index contributed by atoms with van der Waals surface area (Å²) < 4.78 is 27.0. The van der Waals surface area contributed by atoms with Gasteiger partial charge in [-0.3, -0.25) is 4.79 Å². The van der Waals surface area contributed by atoms with Crippen LogP contribution in [0.25, 0.3) is 10.8 Å². The summed E-state index contributed by atoms with van der Waals surface area (Å²) in [6.45, 7) is 2.92. The maximum Gasteiger partial charge on any atom is 0.268 e. The highest BCUT2D eigenvalue weighted by atomic mass is 32.2. The molecule has 0 spiro atoms. The minimum Gasteiger partial charge on any atom is -0.356 e. The SMILES string of the molecule is CC(NC(=O)c1cc(S(=O)(=O)N2CCSCC2)c[nH]1)c1cccc2ccccc12. The van der Waals surface area contributed by atoms with Gasteiger partial charge in [-0.25, -0.2) is 8.42 Å². The number of aromatic amines is 1. The number of thioether (sulfide) groups is 1. The average molecular weight is 430 g/mol. The predicted molar refractivity (Wildman–Crippen MR) is 117 cm³/mol. The Morgan fingerprint density at radius 1 is 1.14 bits per heavy atom. The van der Waals surface area contributed by atoms with Crippen LogP contribution < -0.4 is 5.32 Å². The number of benzene rings is 2. The van der Waals surface area contributed by atoms with Gasteiger partial charge in [0.05, 0.1) is 6.04 Å². The Balaban J connectivity index is 1.52. The van der Waals surface area contributed by atoms with Gasteiger partial charge in [0, 0.05) is 30.8 Å². The molecule has 4 rings (SSSR count). The Kier molecular flexibility index (Phi) is 5.67. The number of H-pyrrole nitrogens is 1. The largest absolute Gasteiger partial charge is 0.356 e. The van der Waals surface area contributed by atoms with Crippen molar-refractivity contribution in [2.45, 2.75) is 17.9 Å². The van der Waals surface area contributed by atoms with Crippen LogP contribution in [0, 0.1) is 0 Å². The Morgan fingerprint density at radius 2 is 1.86 bits per heavy atom. The third kappa shape index (κ3) is 4.05. The standard InChI is InChI=1S/C21H23N3O3S2/c1-15(18-8-4-6-16-5-2-3-7-19(16)18)23-21(25)20-13-17(14-22-20)29(26,27)24-9-11-28-12-10-24/h2-8,13-15,22H,9-12H2,1H3,(H,23,25). The van der Waals surface area contributed by atoms with Gasteiger partial charge in [-0.1, -0.05) is 42.5 Å². The van der Waals surface area contributed by atoms with Crippen LogP contribution >= 0.6 is 11.8 Å². The van der Waals surface area contributed by atoms with Crippen molar-refractivity contribution in [1.82, 2.24) is 14.6 Å². The summed E-state index contributed by atoms with van der Waals surface area (Å²) in [7, 11) is -3.58. The van der Waals surface area contributed by atoms with Crippen LogP contribution in [0.4, 0.5) is 0 Å². The second-order valence-electron chi connectivity index (χ2n) is 7.03. The second kappa shape index (κ2) is 8.22. The van der Waals surface area contributed by atoms with E-state index in [1.54, 1.807) is 11.8 Å². The van der Waals surface area contributed by atoms with Crippen molar-refractivity contribution in [3.63, 3.8) is 0 Å². The minimum absolute atomic E-state index is 0.132. The van der Waals surface area contributed by atoms with Gasteiger partial charge in [-0.2, -0.15) is 16.1 Å².